The third-order valence-corrected chi connectivity index (χ3v) is 3.34. The van der Waals surface area contributed by atoms with Crippen LogP contribution >= 0.6 is 0 Å². The van der Waals surface area contributed by atoms with Gasteiger partial charge in [-0.1, -0.05) is 36.8 Å². The molecule has 0 amide bonds. The van der Waals surface area contributed by atoms with Crippen molar-refractivity contribution in [1.82, 2.24) is 4.90 Å². The first kappa shape index (κ1) is 12.8. The van der Waals surface area contributed by atoms with Crippen LogP contribution in [-0.4, -0.2) is 40.9 Å². The second-order valence-electron chi connectivity index (χ2n) is 4.61. The minimum atomic E-state index is -0.824. The minimum Gasteiger partial charge on any atom is -0.480 e. The third-order valence-electron chi connectivity index (χ3n) is 3.34. The number of ketones is 1. The lowest BCUT2D eigenvalue weighted by Gasteiger charge is -2.32. The van der Waals surface area contributed by atoms with Crippen molar-refractivity contribution >= 4 is 11.8 Å². The molecule has 0 radical (unpaired) electrons. The van der Waals surface area contributed by atoms with E-state index in [2.05, 4.69) is 0 Å². The Morgan fingerprint density at radius 3 is 2.61 bits per heavy atom. The number of aliphatic carboxylic acids is 1. The van der Waals surface area contributed by atoms with Crippen LogP contribution in [0.2, 0.25) is 0 Å². The number of Topliss-reactive ketones (excluding diaryl/α,β-unsaturated/α-hetero) is 1. The zero-order valence-electron chi connectivity index (χ0n) is 10.2. The van der Waals surface area contributed by atoms with E-state index >= 15 is 0 Å². The minimum absolute atomic E-state index is 0.0104. The summed E-state index contributed by atoms with van der Waals surface area (Å²) in [4.78, 5) is 25.0. The maximum atomic E-state index is 12.0. The maximum Gasteiger partial charge on any atom is 0.320 e. The summed E-state index contributed by atoms with van der Waals surface area (Å²) in [5, 5.41) is 9.14. The van der Waals surface area contributed by atoms with Gasteiger partial charge in [-0.15, -0.1) is 0 Å². The molecule has 1 aliphatic rings. The zero-order valence-corrected chi connectivity index (χ0v) is 10.2. The summed E-state index contributed by atoms with van der Waals surface area (Å²) in [5.41, 5.74) is 0.646. The van der Waals surface area contributed by atoms with Crippen LogP contribution in [-0.2, 0) is 4.79 Å². The molecule has 4 heteroatoms. The number of carbonyl (C=O) groups is 2. The smallest absolute Gasteiger partial charge is 0.320 e. The van der Waals surface area contributed by atoms with Crippen LogP contribution in [0.3, 0.4) is 0 Å². The third kappa shape index (κ3) is 2.96. The van der Waals surface area contributed by atoms with E-state index < -0.39 is 12.0 Å². The summed E-state index contributed by atoms with van der Waals surface area (Å²) in [6, 6.07) is 8.52. The van der Waals surface area contributed by atoms with Gasteiger partial charge in [0.05, 0.1) is 6.54 Å². The van der Waals surface area contributed by atoms with Crippen molar-refractivity contribution in [2.75, 3.05) is 13.1 Å². The summed E-state index contributed by atoms with van der Waals surface area (Å²) in [6.07, 6.45) is 2.52. The number of rotatable bonds is 4. The lowest BCUT2D eigenvalue weighted by Crippen LogP contribution is -2.46. The first-order valence-corrected chi connectivity index (χ1v) is 6.23. The van der Waals surface area contributed by atoms with Gasteiger partial charge in [-0.25, -0.2) is 0 Å². The van der Waals surface area contributed by atoms with Crippen molar-refractivity contribution in [2.24, 2.45) is 0 Å². The molecule has 1 N–H and O–H groups in total. The molecular formula is C14H17NO3. The highest BCUT2D eigenvalue weighted by Gasteiger charge is 2.29. The van der Waals surface area contributed by atoms with Crippen LogP contribution in [0.15, 0.2) is 30.3 Å². The average Bonchev–Trinajstić information content (AvgIpc) is 2.40. The van der Waals surface area contributed by atoms with E-state index in [1.807, 2.05) is 18.2 Å². The predicted octanol–water partition coefficient (Wildman–Crippen LogP) is 1.81. The number of hydrogen-bond acceptors (Lipinski definition) is 3. The van der Waals surface area contributed by atoms with Gasteiger partial charge in [-0.2, -0.15) is 0 Å². The van der Waals surface area contributed by atoms with Crippen LogP contribution in [0.1, 0.15) is 29.6 Å². The normalized spacial score (nSPS) is 20.6. The Hall–Kier alpha value is -1.68. The van der Waals surface area contributed by atoms with Crippen molar-refractivity contribution in [3.05, 3.63) is 35.9 Å². The molecule has 0 saturated carbocycles. The first-order chi connectivity index (χ1) is 8.68. The van der Waals surface area contributed by atoms with Crippen molar-refractivity contribution in [1.29, 1.82) is 0 Å². The van der Waals surface area contributed by atoms with Crippen LogP contribution in [0.25, 0.3) is 0 Å². The molecule has 1 aliphatic heterocycles. The van der Waals surface area contributed by atoms with E-state index in [4.69, 9.17) is 5.11 Å². The van der Waals surface area contributed by atoms with E-state index in [0.717, 1.165) is 12.8 Å². The van der Waals surface area contributed by atoms with Gasteiger partial charge in [0.1, 0.15) is 6.04 Å². The van der Waals surface area contributed by atoms with Crippen molar-refractivity contribution < 1.29 is 14.7 Å². The predicted molar refractivity (Wildman–Crippen MR) is 67.6 cm³/mol. The summed E-state index contributed by atoms with van der Waals surface area (Å²) in [6.45, 7) is 0.885. The van der Waals surface area contributed by atoms with E-state index in [1.54, 1.807) is 17.0 Å². The van der Waals surface area contributed by atoms with E-state index in [-0.39, 0.29) is 12.3 Å². The van der Waals surface area contributed by atoms with Crippen molar-refractivity contribution in [2.45, 2.75) is 25.3 Å². The Bertz CT molecular complexity index is 430. The Morgan fingerprint density at radius 2 is 1.94 bits per heavy atom. The molecule has 1 aromatic carbocycles. The molecule has 0 aromatic heterocycles. The van der Waals surface area contributed by atoms with Gasteiger partial charge in [0.25, 0.3) is 0 Å². The van der Waals surface area contributed by atoms with Gasteiger partial charge in [0, 0.05) is 5.56 Å². The van der Waals surface area contributed by atoms with Gasteiger partial charge in [-0.3, -0.25) is 14.5 Å². The number of carbonyl (C=O) groups excluding carboxylic acids is 1. The Kier molecular flexibility index (Phi) is 4.10. The van der Waals surface area contributed by atoms with Crippen LogP contribution in [0.4, 0.5) is 0 Å². The molecule has 1 saturated heterocycles. The second-order valence-corrected chi connectivity index (χ2v) is 4.61. The summed E-state index contributed by atoms with van der Waals surface area (Å²) in [5.74, 6) is -0.834. The molecule has 2 rings (SSSR count). The highest BCUT2D eigenvalue weighted by molar-refractivity contribution is 5.97. The molecule has 1 aromatic rings. The van der Waals surface area contributed by atoms with E-state index in [0.29, 0.717) is 18.5 Å². The van der Waals surface area contributed by atoms with Gasteiger partial charge < -0.3 is 5.11 Å². The Labute approximate surface area is 106 Å². The summed E-state index contributed by atoms with van der Waals surface area (Å²) in [7, 11) is 0. The van der Waals surface area contributed by atoms with Crippen LogP contribution < -0.4 is 0 Å². The monoisotopic (exact) mass is 247 g/mol. The molecule has 1 atom stereocenters. The molecule has 4 nitrogen and oxygen atoms in total. The standard InChI is InChI=1S/C14H17NO3/c16-13(11-6-2-1-3-7-11)10-15-9-5-4-8-12(15)14(17)18/h1-3,6-7,12H,4-5,8-10H2,(H,17,18)/t12-/m0/s1. The molecule has 1 heterocycles. The van der Waals surface area contributed by atoms with E-state index in [1.165, 1.54) is 0 Å². The highest BCUT2D eigenvalue weighted by atomic mass is 16.4. The molecule has 1 fully saturated rings. The number of hydrogen-bond donors (Lipinski definition) is 1. The van der Waals surface area contributed by atoms with Gasteiger partial charge in [0.15, 0.2) is 5.78 Å². The number of likely N-dealkylation sites (tertiary alicyclic amines) is 1. The Balaban J connectivity index is 2.03. The SMILES string of the molecule is O=C(CN1CCCC[C@H]1C(=O)O)c1ccccc1. The first-order valence-electron chi connectivity index (χ1n) is 6.23. The number of piperidine rings is 1. The highest BCUT2D eigenvalue weighted by Crippen LogP contribution is 2.17. The molecular weight excluding hydrogens is 230 g/mol. The molecule has 96 valence electrons. The number of nitrogens with zero attached hydrogens (tertiary/aromatic N) is 1. The molecule has 0 unspecified atom stereocenters. The summed E-state index contributed by atoms with van der Waals surface area (Å²) >= 11 is 0. The molecule has 18 heavy (non-hydrogen) atoms. The number of carboxylic acid groups (broad SMARTS) is 1. The quantitative estimate of drug-likeness (QED) is 0.824. The lowest BCUT2D eigenvalue weighted by molar-refractivity contribution is -0.144. The lowest BCUT2D eigenvalue weighted by atomic mass is 10.0. The zero-order chi connectivity index (χ0) is 13.0. The fraction of sp³-hybridized carbons (Fsp3) is 0.429. The van der Waals surface area contributed by atoms with Gasteiger partial charge in [0.2, 0.25) is 0 Å². The van der Waals surface area contributed by atoms with Crippen LogP contribution in [0, 0.1) is 0 Å². The summed E-state index contributed by atoms with van der Waals surface area (Å²) < 4.78 is 0. The Morgan fingerprint density at radius 1 is 1.22 bits per heavy atom. The topological polar surface area (TPSA) is 57.6 Å². The van der Waals surface area contributed by atoms with Crippen LogP contribution in [0.5, 0.6) is 0 Å². The molecule has 0 aliphatic carbocycles. The fourth-order valence-electron chi connectivity index (χ4n) is 2.36. The van der Waals surface area contributed by atoms with Crippen molar-refractivity contribution in [3.63, 3.8) is 0 Å². The number of benzene rings is 1. The van der Waals surface area contributed by atoms with Gasteiger partial charge in [-0.05, 0) is 19.4 Å². The average molecular weight is 247 g/mol. The molecule has 0 bridgehead atoms. The van der Waals surface area contributed by atoms with Crippen molar-refractivity contribution in [3.8, 4) is 0 Å². The van der Waals surface area contributed by atoms with Gasteiger partial charge >= 0.3 is 5.97 Å². The second kappa shape index (κ2) is 5.78. The maximum absolute atomic E-state index is 12.0. The fourth-order valence-corrected chi connectivity index (χ4v) is 2.36. The largest absolute Gasteiger partial charge is 0.480 e. The van der Waals surface area contributed by atoms with E-state index in [9.17, 15) is 9.59 Å². The number of carboxylic acids is 1. The molecule has 0 spiro atoms.